The molecule has 0 aliphatic heterocycles. The Morgan fingerprint density at radius 3 is 1.82 bits per heavy atom. The van der Waals surface area contributed by atoms with E-state index >= 15 is 0 Å². The van der Waals surface area contributed by atoms with Crippen molar-refractivity contribution in [2.45, 2.75) is 13.8 Å². The summed E-state index contributed by atoms with van der Waals surface area (Å²) in [5.41, 5.74) is -0.0904. The number of carbonyl (C=O) groups is 2. The van der Waals surface area contributed by atoms with Crippen LogP contribution in [0.3, 0.4) is 0 Å². The van der Waals surface area contributed by atoms with Crippen LogP contribution in [0, 0.1) is 5.41 Å². The number of ether oxygens (including phenoxy) is 1. The molecule has 22 heavy (non-hydrogen) atoms. The fourth-order valence-corrected chi connectivity index (χ4v) is 1.14. The van der Waals surface area contributed by atoms with Gasteiger partial charge in [0, 0.05) is 5.41 Å². The SMILES string of the molecule is CC(C)(CO)COC(=O)c1ccc(C(=O)O)cc1.OCCO. The monoisotopic (exact) mass is 314 g/mol. The standard InChI is InChI=1S/C13H16O5.C2H6O2/c1-13(2,7-14)8-18-12(17)10-5-3-9(4-6-10)11(15)16;3-1-2-4/h3-6,14H,7-8H2,1-2H3,(H,15,16);3-4H,1-2H2. The van der Waals surface area contributed by atoms with Gasteiger partial charge in [-0.2, -0.15) is 0 Å². The number of aromatic carboxylic acids is 1. The fraction of sp³-hybridized carbons (Fsp3) is 0.467. The van der Waals surface area contributed by atoms with Gasteiger partial charge in [0.05, 0.1) is 37.6 Å². The van der Waals surface area contributed by atoms with Gasteiger partial charge < -0.3 is 25.2 Å². The van der Waals surface area contributed by atoms with Gasteiger partial charge in [-0.25, -0.2) is 9.59 Å². The van der Waals surface area contributed by atoms with Crippen molar-refractivity contribution in [1.82, 2.24) is 0 Å². The second-order valence-corrected chi connectivity index (χ2v) is 5.23. The maximum atomic E-state index is 11.6. The van der Waals surface area contributed by atoms with Gasteiger partial charge in [-0.3, -0.25) is 0 Å². The fourth-order valence-electron chi connectivity index (χ4n) is 1.14. The molecule has 0 bridgehead atoms. The molecule has 0 spiro atoms. The summed E-state index contributed by atoms with van der Waals surface area (Å²) >= 11 is 0. The first-order valence-corrected chi connectivity index (χ1v) is 6.60. The van der Waals surface area contributed by atoms with Crippen LogP contribution in [0.4, 0.5) is 0 Å². The van der Waals surface area contributed by atoms with Crippen molar-refractivity contribution in [3.8, 4) is 0 Å². The highest BCUT2D eigenvalue weighted by Crippen LogP contribution is 2.15. The summed E-state index contributed by atoms with van der Waals surface area (Å²) in [6, 6.07) is 5.49. The van der Waals surface area contributed by atoms with Crippen molar-refractivity contribution in [3.63, 3.8) is 0 Å². The molecule has 0 aliphatic rings. The molecule has 0 atom stereocenters. The minimum absolute atomic E-state index is 0.0851. The number of carboxylic acids is 1. The third kappa shape index (κ3) is 7.72. The van der Waals surface area contributed by atoms with Crippen LogP contribution >= 0.6 is 0 Å². The van der Waals surface area contributed by atoms with E-state index in [2.05, 4.69) is 0 Å². The lowest BCUT2D eigenvalue weighted by molar-refractivity contribution is 0.0218. The highest BCUT2D eigenvalue weighted by molar-refractivity contribution is 5.92. The normalized spacial score (nSPS) is 10.4. The molecule has 7 nitrogen and oxygen atoms in total. The quantitative estimate of drug-likeness (QED) is 0.564. The molecule has 0 unspecified atom stereocenters. The molecule has 0 saturated carbocycles. The van der Waals surface area contributed by atoms with Crippen LogP contribution in [0.5, 0.6) is 0 Å². The molecule has 4 N–H and O–H groups in total. The summed E-state index contributed by atoms with van der Waals surface area (Å²) in [5.74, 6) is -1.58. The molecule has 124 valence electrons. The summed E-state index contributed by atoms with van der Waals surface area (Å²) in [7, 11) is 0. The number of carboxylic acid groups (broad SMARTS) is 1. The average Bonchev–Trinajstić information content (AvgIpc) is 2.53. The van der Waals surface area contributed by atoms with Gasteiger partial charge in [0.2, 0.25) is 0 Å². The van der Waals surface area contributed by atoms with Crippen LogP contribution in [0.15, 0.2) is 24.3 Å². The highest BCUT2D eigenvalue weighted by Gasteiger charge is 2.19. The van der Waals surface area contributed by atoms with Gasteiger partial charge in [-0.05, 0) is 24.3 Å². The topological polar surface area (TPSA) is 124 Å². The van der Waals surface area contributed by atoms with Crippen LogP contribution in [0.2, 0.25) is 0 Å². The summed E-state index contributed by atoms with van der Waals surface area (Å²) < 4.78 is 5.04. The Morgan fingerprint density at radius 1 is 1.00 bits per heavy atom. The number of esters is 1. The molecule has 0 saturated heterocycles. The minimum atomic E-state index is -1.05. The van der Waals surface area contributed by atoms with E-state index in [0.717, 1.165) is 0 Å². The molecular weight excluding hydrogens is 292 g/mol. The zero-order valence-corrected chi connectivity index (χ0v) is 12.7. The van der Waals surface area contributed by atoms with Crippen LogP contribution in [-0.4, -0.2) is 58.8 Å². The Labute approximate surface area is 128 Å². The summed E-state index contributed by atoms with van der Waals surface area (Å²) in [5, 5.41) is 33.0. The lowest BCUT2D eigenvalue weighted by Gasteiger charge is -2.20. The second-order valence-electron chi connectivity index (χ2n) is 5.23. The van der Waals surface area contributed by atoms with Crippen molar-refractivity contribution in [2.24, 2.45) is 5.41 Å². The van der Waals surface area contributed by atoms with E-state index in [1.165, 1.54) is 24.3 Å². The summed E-state index contributed by atoms with van der Waals surface area (Å²) in [6.07, 6.45) is 0. The van der Waals surface area contributed by atoms with Gasteiger partial charge in [-0.15, -0.1) is 0 Å². The molecule has 0 aromatic heterocycles. The zero-order valence-electron chi connectivity index (χ0n) is 12.7. The van der Waals surface area contributed by atoms with E-state index in [1.807, 2.05) is 0 Å². The van der Waals surface area contributed by atoms with Crippen molar-refractivity contribution >= 4 is 11.9 Å². The van der Waals surface area contributed by atoms with Gasteiger partial charge in [0.25, 0.3) is 0 Å². The number of carbonyl (C=O) groups excluding carboxylic acids is 1. The average molecular weight is 314 g/mol. The molecule has 0 aliphatic carbocycles. The summed E-state index contributed by atoms with van der Waals surface area (Å²) in [4.78, 5) is 22.3. The largest absolute Gasteiger partial charge is 0.478 e. The van der Waals surface area contributed by atoms with E-state index in [0.29, 0.717) is 0 Å². The zero-order chi connectivity index (χ0) is 17.2. The Morgan fingerprint density at radius 2 is 1.45 bits per heavy atom. The molecule has 0 heterocycles. The van der Waals surface area contributed by atoms with Crippen molar-refractivity contribution in [2.75, 3.05) is 26.4 Å². The smallest absolute Gasteiger partial charge is 0.338 e. The Kier molecular flexibility index (Phi) is 9.00. The van der Waals surface area contributed by atoms with Gasteiger partial charge in [0.1, 0.15) is 0 Å². The number of aliphatic hydroxyl groups excluding tert-OH is 3. The predicted molar refractivity (Wildman–Crippen MR) is 78.7 cm³/mol. The van der Waals surface area contributed by atoms with Gasteiger partial charge >= 0.3 is 11.9 Å². The molecule has 1 aromatic rings. The Balaban J connectivity index is 0.000000980. The van der Waals surface area contributed by atoms with Gasteiger partial charge in [-0.1, -0.05) is 13.8 Å². The minimum Gasteiger partial charge on any atom is -0.478 e. The van der Waals surface area contributed by atoms with Gasteiger partial charge in [0.15, 0.2) is 0 Å². The lowest BCUT2D eigenvalue weighted by Crippen LogP contribution is -2.25. The van der Waals surface area contributed by atoms with E-state index in [4.69, 9.17) is 25.2 Å². The first-order chi connectivity index (χ1) is 10.3. The van der Waals surface area contributed by atoms with Crippen LogP contribution in [-0.2, 0) is 4.74 Å². The van der Waals surface area contributed by atoms with E-state index in [9.17, 15) is 9.59 Å². The van der Waals surface area contributed by atoms with Crippen LogP contribution in [0.25, 0.3) is 0 Å². The van der Waals surface area contributed by atoms with Crippen molar-refractivity contribution < 1.29 is 34.8 Å². The van der Waals surface area contributed by atoms with E-state index in [1.54, 1.807) is 13.8 Å². The second kappa shape index (κ2) is 9.88. The Bertz CT molecular complexity index is 463. The molecule has 7 heteroatoms. The van der Waals surface area contributed by atoms with Crippen LogP contribution < -0.4 is 0 Å². The van der Waals surface area contributed by atoms with Crippen molar-refractivity contribution in [3.05, 3.63) is 35.4 Å². The third-order valence-corrected chi connectivity index (χ3v) is 2.49. The molecular formula is C15H22O7. The molecule has 0 fully saturated rings. The van der Waals surface area contributed by atoms with E-state index in [-0.39, 0.29) is 37.6 Å². The maximum absolute atomic E-state index is 11.6. The third-order valence-electron chi connectivity index (χ3n) is 2.49. The first-order valence-electron chi connectivity index (χ1n) is 6.60. The number of hydrogen-bond acceptors (Lipinski definition) is 6. The van der Waals surface area contributed by atoms with Crippen LogP contribution in [0.1, 0.15) is 34.6 Å². The lowest BCUT2D eigenvalue weighted by atomic mass is 9.96. The maximum Gasteiger partial charge on any atom is 0.338 e. The number of aliphatic hydroxyl groups is 3. The van der Waals surface area contributed by atoms with Crippen molar-refractivity contribution in [1.29, 1.82) is 0 Å². The molecule has 1 aromatic carbocycles. The number of rotatable bonds is 6. The highest BCUT2D eigenvalue weighted by atomic mass is 16.5. The first kappa shape index (κ1) is 20.0. The Hall–Kier alpha value is -1.96. The number of benzene rings is 1. The molecule has 0 amide bonds. The summed E-state index contributed by atoms with van der Waals surface area (Å²) in [6.45, 7) is 3.31. The van der Waals surface area contributed by atoms with E-state index < -0.39 is 17.4 Å². The molecule has 1 rings (SSSR count). The number of hydrogen-bond donors (Lipinski definition) is 4. The molecule has 0 radical (unpaired) electrons. The predicted octanol–water partition coefficient (Wildman–Crippen LogP) is 0.531.